The molecular weight excluding hydrogens is 250 g/mol. The van der Waals surface area contributed by atoms with Crippen LogP contribution in [0.1, 0.15) is 52.9 Å². The summed E-state index contributed by atoms with van der Waals surface area (Å²) in [5, 5.41) is 3.56. The summed E-state index contributed by atoms with van der Waals surface area (Å²) in [4.78, 5) is 17.2. The Hall–Kier alpha value is -0.610. The highest BCUT2D eigenvalue weighted by atomic mass is 16.2. The van der Waals surface area contributed by atoms with Crippen LogP contribution in [0.3, 0.4) is 0 Å². The largest absolute Gasteiger partial charge is 0.325 e. The Balaban J connectivity index is 1.90. The molecule has 0 aliphatic carbocycles. The van der Waals surface area contributed by atoms with Crippen LogP contribution >= 0.6 is 0 Å². The smallest absolute Gasteiger partial charge is 0.241 e. The fraction of sp³-hybridized carbons (Fsp3) is 0.938. The molecule has 1 N–H and O–H groups in total. The van der Waals surface area contributed by atoms with Crippen molar-refractivity contribution in [2.45, 2.75) is 65.1 Å². The molecule has 0 aromatic rings. The first kappa shape index (κ1) is 15.8. The molecule has 2 aliphatic heterocycles. The summed E-state index contributed by atoms with van der Waals surface area (Å²) in [5.74, 6) is 0.897. The Bertz CT molecular complexity index is 313. The van der Waals surface area contributed by atoms with Crippen LogP contribution in [0.4, 0.5) is 0 Å². The molecule has 116 valence electrons. The average molecular weight is 281 g/mol. The van der Waals surface area contributed by atoms with E-state index in [-0.39, 0.29) is 12.2 Å². The zero-order valence-corrected chi connectivity index (χ0v) is 13.4. The van der Waals surface area contributed by atoms with E-state index in [1.807, 2.05) is 0 Å². The zero-order valence-electron chi connectivity index (χ0n) is 13.4. The maximum atomic E-state index is 12.6. The van der Waals surface area contributed by atoms with Crippen LogP contribution in [0, 0.1) is 5.92 Å². The van der Waals surface area contributed by atoms with Crippen molar-refractivity contribution in [1.29, 1.82) is 0 Å². The molecule has 2 heterocycles. The third-order valence-corrected chi connectivity index (χ3v) is 4.48. The summed E-state index contributed by atoms with van der Waals surface area (Å²) in [5.41, 5.74) is 0. The van der Waals surface area contributed by atoms with Gasteiger partial charge in [0, 0.05) is 13.1 Å². The minimum atomic E-state index is 0.0464. The Labute approximate surface area is 123 Å². The highest BCUT2D eigenvalue weighted by Gasteiger charge is 2.38. The number of rotatable bonds is 7. The van der Waals surface area contributed by atoms with Gasteiger partial charge in [-0.25, -0.2) is 0 Å². The van der Waals surface area contributed by atoms with Crippen LogP contribution in [0.2, 0.25) is 0 Å². The molecule has 0 spiro atoms. The minimum absolute atomic E-state index is 0.0464. The highest BCUT2D eigenvalue weighted by Crippen LogP contribution is 2.20. The van der Waals surface area contributed by atoms with Gasteiger partial charge in [0.1, 0.15) is 0 Å². The van der Waals surface area contributed by atoms with Gasteiger partial charge in [-0.2, -0.15) is 0 Å². The number of carbonyl (C=O) groups is 1. The van der Waals surface area contributed by atoms with Crippen LogP contribution in [0.15, 0.2) is 0 Å². The molecule has 4 nitrogen and oxygen atoms in total. The molecule has 2 saturated heterocycles. The topological polar surface area (TPSA) is 35.6 Å². The van der Waals surface area contributed by atoms with Crippen molar-refractivity contribution in [3.8, 4) is 0 Å². The third kappa shape index (κ3) is 3.95. The van der Waals surface area contributed by atoms with Crippen LogP contribution < -0.4 is 5.32 Å². The number of amides is 1. The number of hydrogen-bond donors (Lipinski definition) is 1. The molecule has 20 heavy (non-hydrogen) atoms. The van der Waals surface area contributed by atoms with Gasteiger partial charge in [-0.1, -0.05) is 27.2 Å². The first-order valence-electron chi connectivity index (χ1n) is 8.40. The summed E-state index contributed by atoms with van der Waals surface area (Å²) in [6, 6.07) is 0.0464. The monoisotopic (exact) mass is 281 g/mol. The molecule has 2 atom stereocenters. The first-order chi connectivity index (χ1) is 9.61. The van der Waals surface area contributed by atoms with Crippen LogP contribution in [0.25, 0.3) is 0 Å². The molecule has 1 amide bonds. The van der Waals surface area contributed by atoms with E-state index >= 15 is 0 Å². The van der Waals surface area contributed by atoms with Gasteiger partial charge >= 0.3 is 0 Å². The number of hydrogen-bond acceptors (Lipinski definition) is 3. The van der Waals surface area contributed by atoms with Crippen molar-refractivity contribution < 1.29 is 4.79 Å². The lowest BCUT2D eigenvalue weighted by atomic mass is 10.0. The quantitative estimate of drug-likeness (QED) is 0.776. The van der Waals surface area contributed by atoms with E-state index in [4.69, 9.17) is 0 Å². The van der Waals surface area contributed by atoms with Gasteiger partial charge in [0.15, 0.2) is 0 Å². The fourth-order valence-corrected chi connectivity index (χ4v) is 3.42. The van der Waals surface area contributed by atoms with E-state index in [1.54, 1.807) is 0 Å². The molecule has 0 aromatic carbocycles. The van der Waals surface area contributed by atoms with Gasteiger partial charge in [-0.15, -0.1) is 0 Å². The Morgan fingerprint density at radius 1 is 1.25 bits per heavy atom. The molecule has 2 unspecified atom stereocenters. The van der Waals surface area contributed by atoms with Gasteiger partial charge in [-0.05, 0) is 44.7 Å². The van der Waals surface area contributed by atoms with Gasteiger partial charge in [0.2, 0.25) is 5.91 Å². The summed E-state index contributed by atoms with van der Waals surface area (Å²) in [6.45, 7) is 10.9. The summed E-state index contributed by atoms with van der Waals surface area (Å²) < 4.78 is 0. The molecule has 0 aromatic heterocycles. The second-order valence-electron chi connectivity index (χ2n) is 6.73. The van der Waals surface area contributed by atoms with Gasteiger partial charge < -0.3 is 9.80 Å². The van der Waals surface area contributed by atoms with Crippen molar-refractivity contribution in [3.63, 3.8) is 0 Å². The van der Waals surface area contributed by atoms with Crippen LogP contribution in [0.5, 0.6) is 0 Å². The predicted molar refractivity (Wildman–Crippen MR) is 82.5 cm³/mol. The van der Waals surface area contributed by atoms with Gasteiger partial charge in [0.05, 0.1) is 12.2 Å². The number of nitrogens with zero attached hydrogens (tertiary/aromatic N) is 2. The first-order valence-corrected chi connectivity index (χ1v) is 8.40. The Kier molecular flexibility index (Phi) is 5.85. The normalized spacial score (nSPS) is 28.0. The second-order valence-corrected chi connectivity index (χ2v) is 6.73. The molecule has 2 fully saturated rings. The maximum Gasteiger partial charge on any atom is 0.241 e. The number of nitrogens with one attached hydrogen (secondary N) is 1. The molecule has 0 radical (unpaired) electrons. The third-order valence-electron chi connectivity index (χ3n) is 4.48. The summed E-state index contributed by atoms with van der Waals surface area (Å²) in [7, 11) is 0. The molecule has 0 bridgehead atoms. The fourth-order valence-electron chi connectivity index (χ4n) is 3.42. The van der Waals surface area contributed by atoms with Crippen molar-refractivity contribution >= 4 is 5.91 Å². The minimum Gasteiger partial charge on any atom is -0.325 e. The highest BCUT2D eigenvalue weighted by molar-refractivity contribution is 5.84. The maximum absolute atomic E-state index is 12.6. The van der Waals surface area contributed by atoms with E-state index < -0.39 is 0 Å². The number of carbonyl (C=O) groups excluding carboxylic acids is 1. The van der Waals surface area contributed by atoms with E-state index in [2.05, 4.69) is 35.9 Å². The van der Waals surface area contributed by atoms with Gasteiger partial charge in [-0.3, -0.25) is 10.1 Å². The average Bonchev–Trinajstić information content (AvgIpc) is 2.98. The van der Waals surface area contributed by atoms with E-state index in [9.17, 15) is 4.79 Å². The Morgan fingerprint density at radius 2 is 1.95 bits per heavy atom. The lowest BCUT2D eigenvalue weighted by Gasteiger charge is -2.26. The molecule has 2 aliphatic rings. The van der Waals surface area contributed by atoms with Crippen molar-refractivity contribution in [2.75, 3.05) is 26.2 Å². The SMILES string of the molecule is CCCC1NC(CC(C)C)C(=O)N1CCN1CCCC1. The van der Waals surface area contributed by atoms with E-state index in [0.717, 1.165) is 32.4 Å². The van der Waals surface area contributed by atoms with Gasteiger partial charge in [0.25, 0.3) is 0 Å². The molecule has 2 rings (SSSR count). The standard InChI is InChI=1S/C16H31N3O/c1-4-7-15-17-14(12-13(2)3)16(20)19(15)11-10-18-8-5-6-9-18/h13-15,17H,4-12H2,1-3H3. The number of likely N-dealkylation sites (tertiary alicyclic amines) is 1. The van der Waals surface area contributed by atoms with E-state index in [1.165, 1.54) is 25.9 Å². The molecule has 4 heteroatoms. The molecule has 0 saturated carbocycles. The second kappa shape index (κ2) is 7.41. The summed E-state index contributed by atoms with van der Waals surface area (Å²) in [6.07, 6.45) is 6.05. The van der Waals surface area contributed by atoms with Crippen molar-refractivity contribution in [2.24, 2.45) is 5.92 Å². The lowest BCUT2D eigenvalue weighted by molar-refractivity contribution is -0.130. The zero-order chi connectivity index (χ0) is 14.5. The molecular formula is C16H31N3O. The van der Waals surface area contributed by atoms with E-state index in [0.29, 0.717) is 11.8 Å². The lowest BCUT2D eigenvalue weighted by Crippen LogP contribution is -2.41. The van der Waals surface area contributed by atoms with Crippen LogP contribution in [-0.2, 0) is 4.79 Å². The van der Waals surface area contributed by atoms with Crippen LogP contribution in [-0.4, -0.2) is 54.1 Å². The van der Waals surface area contributed by atoms with Crippen molar-refractivity contribution in [3.05, 3.63) is 0 Å². The predicted octanol–water partition coefficient (Wildman–Crippen LogP) is 2.05. The summed E-state index contributed by atoms with van der Waals surface area (Å²) >= 11 is 0. The Morgan fingerprint density at radius 3 is 2.55 bits per heavy atom. The van der Waals surface area contributed by atoms with Crippen molar-refractivity contribution in [1.82, 2.24) is 15.1 Å².